The molecule has 3 aromatic rings. The lowest BCUT2D eigenvalue weighted by Crippen LogP contribution is -2.45. The zero-order valence-electron chi connectivity index (χ0n) is 15.2. The number of alkyl halides is 3. The van der Waals surface area contributed by atoms with E-state index in [-0.39, 0.29) is 10.2 Å². The number of nitriles is 1. The van der Waals surface area contributed by atoms with Gasteiger partial charge >= 0.3 is 6.18 Å². The highest BCUT2D eigenvalue weighted by molar-refractivity contribution is 7.13. The van der Waals surface area contributed by atoms with Gasteiger partial charge in [-0.2, -0.15) is 27.9 Å². The van der Waals surface area contributed by atoms with E-state index in [4.69, 9.17) is 9.47 Å². The molecule has 1 aliphatic rings. The minimum Gasteiger partial charge on any atom is -0.491 e. The van der Waals surface area contributed by atoms with Crippen LogP contribution in [0.1, 0.15) is 11.1 Å². The van der Waals surface area contributed by atoms with E-state index in [0.29, 0.717) is 41.0 Å². The van der Waals surface area contributed by atoms with E-state index in [1.54, 1.807) is 29.8 Å². The van der Waals surface area contributed by atoms with Crippen LogP contribution < -0.4 is 14.0 Å². The molecule has 0 saturated carbocycles. The third-order valence-corrected chi connectivity index (χ3v) is 5.73. The van der Waals surface area contributed by atoms with Gasteiger partial charge in [-0.25, -0.2) is 0 Å². The smallest absolute Gasteiger partial charge is 0.416 e. The molecule has 5 nitrogen and oxygen atoms in total. The molecule has 29 heavy (non-hydrogen) atoms. The van der Waals surface area contributed by atoms with Gasteiger partial charge in [0.2, 0.25) is 0 Å². The molecule has 9 heteroatoms. The summed E-state index contributed by atoms with van der Waals surface area (Å²) in [5, 5.41) is 11.8. The van der Waals surface area contributed by atoms with E-state index in [9.17, 15) is 18.4 Å². The predicted octanol–water partition coefficient (Wildman–Crippen LogP) is 5.41. The molecular formula is C20H15F3N3O2S+. The molecule has 4 rings (SSSR count). The number of hydrogen-bond acceptors (Lipinski definition) is 5. The van der Waals surface area contributed by atoms with E-state index in [1.165, 1.54) is 24.5 Å². The summed E-state index contributed by atoms with van der Waals surface area (Å²) >= 11 is 1.37. The number of fused-ring (bicyclic) bond motifs is 1. The molecule has 0 radical (unpaired) electrons. The van der Waals surface area contributed by atoms with Gasteiger partial charge in [0.25, 0.3) is 5.13 Å². The maximum Gasteiger partial charge on any atom is 0.416 e. The van der Waals surface area contributed by atoms with Crippen LogP contribution in [0.4, 0.5) is 29.7 Å². The quantitative estimate of drug-likeness (QED) is 0.534. The van der Waals surface area contributed by atoms with Crippen molar-refractivity contribution in [3.63, 3.8) is 0 Å². The Balaban J connectivity index is 2.04. The maximum atomic E-state index is 13.3. The number of rotatable bonds is 3. The van der Waals surface area contributed by atoms with Gasteiger partial charge in [-0.05, 0) is 24.3 Å². The van der Waals surface area contributed by atoms with Gasteiger partial charge in [0.15, 0.2) is 22.9 Å². The Kier molecular flexibility index (Phi) is 4.68. The maximum absolute atomic E-state index is 13.3. The number of ether oxygens (including phenoxy) is 2. The summed E-state index contributed by atoms with van der Waals surface area (Å²) in [5.74, 6) is 0.637. The highest BCUT2D eigenvalue weighted by Crippen LogP contribution is 2.54. The van der Waals surface area contributed by atoms with E-state index in [2.05, 4.69) is 11.1 Å². The van der Waals surface area contributed by atoms with Crippen molar-refractivity contribution in [1.82, 2.24) is 9.47 Å². The second-order valence-corrected chi connectivity index (χ2v) is 7.25. The molecule has 0 spiro atoms. The fourth-order valence-corrected chi connectivity index (χ4v) is 4.38. The van der Waals surface area contributed by atoms with Gasteiger partial charge in [0.1, 0.15) is 13.2 Å². The van der Waals surface area contributed by atoms with Crippen LogP contribution in [0.5, 0.6) is 11.5 Å². The van der Waals surface area contributed by atoms with Gasteiger partial charge in [0.05, 0.1) is 24.3 Å². The van der Waals surface area contributed by atoms with Crippen molar-refractivity contribution in [2.75, 3.05) is 20.3 Å². The van der Waals surface area contributed by atoms with Gasteiger partial charge in [-0.3, -0.25) is 0 Å². The van der Waals surface area contributed by atoms with Gasteiger partial charge in [0, 0.05) is 23.7 Å². The first-order valence-electron chi connectivity index (χ1n) is 8.61. The Hall–Kier alpha value is -3.09. The topological polar surface area (TPSA) is 55.1 Å². The summed E-state index contributed by atoms with van der Waals surface area (Å²) < 4.78 is 50.9. The molecule has 1 unspecified atom stereocenters. The molecule has 0 amide bonds. The Bertz CT molecular complexity index is 1090. The average molecular weight is 418 g/mol. The predicted molar refractivity (Wildman–Crippen MR) is 103 cm³/mol. The first kappa shape index (κ1) is 19.2. The van der Waals surface area contributed by atoms with Gasteiger partial charge < -0.3 is 9.47 Å². The number of halogens is 3. The van der Waals surface area contributed by atoms with Crippen LogP contribution in [0.15, 0.2) is 48.0 Å². The number of benzene rings is 2. The molecule has 0 saturated heterocycles. The minimum absolute atomic E-state index is 0.00380. The Morgan fingerprint density at radius 3 is 2.69 bits per heavy atom. The van der Waals surface area contributed by atoms with Crippen molar-refractivity contribution >= 4 is 27.8 Å². The van der Waals surface area contributed by atoms with Gasteiger partial charge in [-0.15, -0.1) is 0 Å². The first-order chi connectivity index (χ1) is 13.9. The fourth-order valence-electron chi connectivity index (χ4n) is 3.55. The second kappa shape index (κ2) is 7.06. The van der Waals surface area contributed by atoms with Crippen LogP contribution in [-0.2, 0) is 6.18 Å². The monoisotopic (exact) mass is 418 g/mol. The van der Waals surface area contributed by atoms with Crippen LogP contribution in [0.3, 0.4) is 0 Å². The van der Waals surface area contributed by atoms with E-state index in [1.807, 2.05) is 0 Å². The molecule has 1 aliphatic heterocycles. The highest BCUT2D eigenvalue weighted by Gasteiger charge is 2.47. The summed E-state index contributed by atoms with van der Waals surface area (Å²) in [4.78, 5) is 4.46. The number of thiazole rings is 1. The van der Waals surface area contributed by atoms with Crippen LogP contribution in [0, 0.1) is 11.3 Å². The van der Waals surface area contributed by atoms with Crippen molar-refractivity contribution in [3.05, 3.63) is 59.1 Å². The number of hydrogen-bond donors (Lipinski definition) is 0. The number of nitrogens with zero attached hydrogens (tertiary/aromatic N) is 3. The summed E-state index contributed by atoms with van der Waals surface area (Å²) in [6.07, 6.45) is -2.85. The van der Waals surface area contributed by atoms with Crippen LogP contribution in [-0.4, -0.2) is 25.2 Å². The number of methoxy groups -OCH3 is 1. The van der Waals surface area contributed by atoms with Crippen molar-refractivity contribution in [1.29, 1.82) is 5.26 Å². The van der Waals surface area contributed by atoms with E-state index >= 15 is 0 Å². The molecule has 148 valence electrons. The lowest BCUT2D eigenvalue weighted by atomic mass is 10.1. The molecule has 0 fully saturated rings. The van der Waals surface area contributed by atoms with Crippen molar-refractivity contribution in [2.45, 2.75) is 6.18 Å². The summed E-state index contributed by atoms with van der Waals surface area (Å²) in [5.41, 5.74) is 0.743. The van der Waals surface area contributed by atoms with Crippen LogP contribution >= 0.6 is 11.3 Å². The standard InChI is InChI=1S/C20H15F3N3O2S/c1-27-18-11-14(20(21,22)23)3-4-15(18)26(19-25-6-9-29-19)7-8-28-17-5-2-13(12-24)10-16(17)26/h2-6,9-11H,7-8H2,1H3/q+1. The fraction of sp³-hybridized carbons (Fsp3) is 0.200. The molecule has 1 atom stereocenters. The Morgan fingerprint density at radius 2 is 2.03 bits per heavy atom. The largest absolute Gasteiger partial charge is 0.491 e. The number of aromatic nitrogens is 1. The van der Waals surface area contributed by atoms with E-state index < -0.39 is 11.7 Å². The molecule has 0 bridgehead atoms. The molecule has 2 aromatic carbocycles. The number of quaternary nitrogens is 1. The molecule has 1 aromatic heterocycles. The summed E-state index contributed by atoms with van der Waals surface area (Å²) in [6.45, 7) is 0.708. The van der Waals surface area contributed by atoms with Crippen molar-refractivity contribution < 1.29 is 22.6 Å². The average Bonchev–Trinajstić information content (AvgIpc) is 3.27. The lowest BCUT2D eigenvalue weighted by Gasteiger charge is -2.39. The Labute approximate surface area is 168 Å². The third kappa shape index (κ3) is 3.10. The van der Waals surface area contributed by atoms with Crippen LogP contribution in [0.25, 0.3) is 0 Å². The zero-order valence-corrected chi connectivity index (χ0v) is 16.0. The second-order valence-electron chi connectivity index (χ2n) is 6.38. The van der Waals surface area contributed by atoms with E-state index in [0.717, 1.165) is 12.1 Å². The molecule has 0 N–H and O–H groups in total. The highest BCUT2D eigenvalue weighted by atomic mass is 32.1. The van der Waals surface area contributed by atoms with Crippen molar-refractivity contribution in [3.8, 4) is 17.6 Å². The zero-order chi connectivity index (χ0) is 20.6. The first-order valence-corrected chi connectivity index (χ1v) is 9.49. The van der Waals surface area contributed by atoms with Crippen molar-refractivity contribution in [2.24, 2.45) is 0 Å². The summed E-state index contributed by atoms with van der Waals surface area (Å²) in [6, 6.07) is 10.6. The lowest BCUT2D eigenvalue weighted by molar-refractivity contribution is -0.137. The minimum atomic E-state index is -4.49. The summed E-state index contributed by atoms with van der Waals surface area (Å²) in [7, 11) is 1.34. The SMILES string of the molecule is COc1cc(C(F)(F)F)ccc1[N+]1(c2nccs2)CCOc2ccc(C#N)cc21. The molecule has 0 aliphatic carbocycles. The normalized spacial score (nSPS) is 18.4. The molecular weight excluding hydrogens is 403 g/mol. The Morgan fingerprint density at radius 1 is 1.21 bits per heavy atom. The molecule has 2 heterocycles. The van der Waals surface area contributed by atoms with Crippen LogP contribution in [0.2, 0.25) is 0 Å². The third-order valence-electron chi connectivity index (χ3n) is 4.85. The van der Waals surface area contributed by atoms with Gasteiger partial charge in [-0.1, -0.05) is 11.3 Å².